The number of hydrogen-bond donors (Lipinski definition) is 5. The van der Waals surface area contributed by atoms with E-state index in [0.29, 0.717) is 0 Å². The number of H-pyrrole nitrogens is 1. The molecule has 0 aliphatic carbocycles. The number of nitrogens with one attached hydrogen (secondary N) is 1. The van der Waals surface area contributed by atoms with Crippen molar-refractivity contribution >= 4 is 16.9 Å². The molecule has 10 nitrogen and oxygen atoms in total. The highest BCUT2D eigenvalue weighted by atomic mass is 16.6. The number of rotatable bonds is 2. The van der Waals surface area contributed by atoms with E-state index in [1.54, 1.807) is 6.92 Å². The molecule has 0 spiro atoms. The van der Waals surface area contributed by atoms with Crippen LogP contribution in [0.5, 0.6) is 0 Å². The third-order valence-corrected chi connectivity index (χ3v) is 3.75. The van der Waals surface area contributed by atoms with Crippen LogP contribution < -0.4 is 11.3 Å². The molecule has 0 amide bonds. The number of nitrogens with zero attached hydrogens (tertiary/aromatic N) is 3. The molecule has 0 aromatic carbocycles. The summed E-state index contributed by atoms with van der Waals surface area (Å²) >= 11 is 0. The second-order valence-corrected chi connectivity index (χ2v) is 5.08. The van der Waals surface area contributed by atoms with Crippen LogP contribution in [0.15, 0.2) is 22.5 Å². The number of aromatic nitrogens is 3. The van der Waals surface area contributed by atoms with Crippen LogP contribution in [0.25, 0.3) is 11.0 Å². The van der Waals surface area contributed by atoms with Gasteiger partial charge in [0.25, 0.3) is 5.56 Å². The first-order chi connectivity index (χ1) is 10.5. The van der Waals surface area contributed by atoms with Gasteiger partial charge in [-0.1, -0.05) is 5.16 Å². The van der Waals surface area contributed by atoms with Gasteiger partial charge in [0.1, 0.15) is 17.9 Å². The van der Waals surface area contributed by atoms with Crippen molar-refractivity contribution in [2.24, 2.45) is 10.9 Å². The fourth-order valence-electron chi connectivity index (χ4n) is 2.59. The Morgan fingerprint density at radius 3 is 2.82 bits per heavy atom. The first-order valence-corrected chi connectivity index (χ1v) is 6.53. The highest BCUT2D eigenvalue weighted by Crippen LogP contribution is 2.32. The molecular formula is C12H15N5O5. The van der Waals surface area contributed by atoms with E-state index in [-0.39, 0.29) is 22.4 Å². The molecule has 1 aliphatic rings. The van der Waals surface area contributed by atoms with Crippen LogP contribution in [0.4, 0.5) is 0 Å². The minimum absolute atomic E-state index is 0.0997. The summed E-state index contributed by atoms with van der Waals surface area (Å²) in [5.74, 6) is -0.275. The summed E-state index contributed by atoms with van der Waals surface area (Å²) in [4.78, 5) is 18.5. The number of aliphatic hydroxyl groups is 2. The summed E-state index contributed by atoms with van der Waals surface area (Å²) in [6.07, 6.45) is -1.23. The molecule has 10 heteroatoms. The predicted molar refractivity (Wildman–Crippen MR) is 74.5 cm³/mol. The standard InChI is InChI=1S/C12H15N5O5/c1-4-7(18)8(19)12(22-4)17-2-5(9(13)16-21)6-10(17)14-3-15-11(6)20/h2-4,7-8,12,18-19,21H,1H3,(H2,13,16)(H,14,15,20)/t4-,7-,8-,12-/m1/s1. The zero-order chi connectivity index (χ0) is 16.0. The van der Waals surface area contributed by atoms with Crippen molar-refractivity contribution in [2.45, 2.75) is 31.5 Å². The van der Waals surface area contributed by atoms with Crippen LogP contribution in [0.3, 0.4) is 0 Å². The molecule has 118 valence electrons. The fourth-order valence-corrected chi connectivity index (χ4v) is 2.59. The number of hydrogen-bond acceptors (Lipinski definition) is 7. The molecule has 4 atom stereocenters. The summed E-state index contributed by atoms with van der Waals surface area (Å²) < 4.78 is 6.90. The van der Waals surface area contributed by atoms with Gasteiger partial charge >= 0.3 is 0 Å². The van der Waals surface area contributed by atoms with Crippen LogP contribution in [0.2, 0.25) is 0 Å². The molecule has 2 aromatic rings. The van der Waals surface area contributed by atoms with E-state index in [1.165, 1.54) is 17.1 Å². The van der Waals surface area contributed by atoms with Gasteiger partial charge in [-0.25, -0.2) is 4.98 Å². The zero-order valence-corrected chi connectivity index (χ0v) is 11.5. The van der Waals surface area contributed by atoms with Crippen LogP contribution in [0, 0.1) is 0 Å². The van der Waals surface area contributed by atoms with Gasteiger partial charge in [0.2, 0.25) is 0 Å². The number of nitrogens with two attached hydrogens (primary N) is 1. The smallest absolute Gasteiger partial charge is 0.260 e. The van der Waals surface area contributed by atoms with E-state index in [1.807, 2.05) is 0 Å². The van der Waals surface area contributed by atoms with Gasteiger partial charge in [0, 0.05) is 6.20 Å². The summed E-state index contributed by atoms with van der Waals surface area (Å²) in [6.45, 7) is 1.62. The maximum atomic E-state index is 12.0. The van der Waals surface area contributed by atoms with E-state index >= 15 is 0 Å². The Hall–Kier alpha value is -2.43. The topological polar surface area (TPSA) is 159 Å². The zero-order valence-electron chi connectivity index (χ0n) is 11.5. The quantitative estimate of drug-likeness (QED) is 0.194. The van der Waals surface area contributed by atoms with Crippen molar-refractivity contribution in [3.05, 3.63) is 28.4 Å². The Bertz CT molecular complexity index is 797. The number of fused-ring (bicyclic) bond motifs is 1. The number of amidine groups is 1. The summed E-state index contributed by atoms with van der Waals surface area (Å²) in [5, 5.41) is 31.8. The third-order valence-electron chi connectivity index (χ3n) is 3.75. The molecule has 1 saturated heterocycles. The fraction of sp³-hybridized carbons (Fsp3) is 0.417. The highest BCUT2D eigenvalue weighted by Gasteiger charge is 2.42. The normalized spacial score (nSPS) is 29.3. The molecule has 1 aliphatic heterocycles. The number of aliphatic hydroxyl groups excluding tert-OH is 2. The van der Waals surface area contributed by atoms with E-state index in [0.717, 1.165) is 0 Å². The molecule has 22 heavy (non-hydrogen) atoms. The van der Waals surface area contributed by atoms with Crippen molar-refractivity contribution in [3.8, 4) is 0 Å². The SMILES string of the molecule is C[C@H]1O[C@@H](n2cc(/C(N)=N\O)c3c(=O)[nH]cnc32)[C@H](O)[C@@H]1O. The molecule has 0 bridgehead atoms. The van der Waals surface area contributed by atoms with E-state index in [9.17, 15) is 15.0 Å². The second-order valence-electron chi connectivity index (χ2n) is 5.08. The van der Waals surface area contributed by atoms with Gasteiger partial charge in [0.05, 0.1) is 23.4 Å². The Morgan fingerprint density at radius 1 is 1.50 bits per heavy atom. The minimum Gasteiger partial charge on any atom is -0.409 e. The molecule has 3 rings (SSSR count). The van der Waals surface area contributed by atoms with E-state index < -0.39 is 30.1 Å². The van der Waals surface area contributed by atoms with Crippen LogP contribution in [-0.2, 0) is 4.74 Å². The second kappa shape index (κ2) is 5.09. The molecule has 2 aromatic heterocycles. The van der Waals surface area contributed by atoms with Crippen molar-refractivity contribution in [2.75, 3.05) is 0 Å². The van der Waals surface area contributed by atoms with Crippen molar-refractivity contribution in [3.63, 3.8) is 0 Å². The summed E-state index contributed by atoms with van der Waals surface area (Å²) in [7, 11) is 0. The lowest BCUT2D eigenvalue weighted by molar-refractivity contribution is -0.0296. The summed E-state index contributed by atoms with van der Waals surface area (Å²) in [6, 6.07) is 0. The van der Waals surface area contributed by atoms with Gasteiger partial charge in [-0.2, -0.15) is 0 Å². The van der Waals surface area contributed by atoms with E-state index in [4.69, 9.17) is 15.7 Å². The van der Waals surface area contributed by atoms with Crippen LogP contribution >= 0.6 is 0 Å². The summed E-state index contributed by atoms with van der Waals surface area (Å²) in [5.41, 5.74) is 5.44. The number of aromatic amines is 1. The average molecular weight is 309 g/mol. The highest BCUT2D eigenvalue weighted by molar-refractivity contribution is 6.07. The van der Waals surface area contributed by atoms with Crippen molar-refractivity contribution < 1.29 is 20.2 Å². The first-order valence-electron chi connectivity index (χ1n) is 6.53. The lowest BCUT2D eigenvalue weighted by Gasteiger charge is -2.17. The van der Waals surface area contributed by atoms with Gasteiger partial charge in [-0.15, -0.1) is 0 Å². The van der Waals surface area contributed by atoms with Crippen molar-refractivity contribution in [1.29, 1.82) is 0 Å². The molecule has 1 fully saturated rings. The van der Waals surface area contributed by atoms with Gasteiger partial charge in [-0.05, 0) is 6.92 Å². The molecular weight excluding hydrogens is 294 g/mol. The number of ether oxygens (including phenoxy) is 1. The van der Waals surface area contributed by atoms with Gasteiger partial charge in [0.15, 0.2) is 12.1 Å². The predicted octanol–water partition coefficient (Wildman–Crippen LogP) is -1.54. The Morgan fingerprint density at radius 2 is 2.23 bits per heavy atom. The van der Waals surface area contributed by atoms with Crippen LogP contribution in [-0.4, -0.2) is 54.1 Å². The third kappa shape index (κ3) is 1.96. The van der Waals surface area contributed by atoms with Crippen molar-refractivity contribution in [1.82, 2.24) is 14.5 Å². The van der Waals surface area contributed by atoms with E-state index in [2.05, 4.69) is 15.1 Å². The molecule has 0 saturated carbocycles. The monoisotopic (exact) mass is 309 g/mol. The molecule has 0 radical (unpaired) electrons. The van der Waals surface area contributed by atoms with Crippen LogP contribution in [0.1, 0.15) is 18.7 Å². The van der Waals surface area contributed by atoms with Gasteiger partial charge in [-0.3, -0.25) is 4.79 Å². The lowest BCUT2D eigenvalue weighted by Crippen LogP contribution is -2.30. The largest absolute Gasteiger partial charge is 0.409 e. The Kier molecular flexibility index (Phi) is 3.35. The molecule has 6 N–H and O–H groups in total. The van der Waals surface area contributed by atoms with Gasteiger partial charge < -0.3 is 35.4 Å². The number of oxime groups is 1. The minimum atomic E-state index is -1.20. The molecule has 0 unspecified atom stereocenters. The Labute approximate surface area is 123 Å². The average Bonchev–Trinajstić information content (AvgIpc) is 3.01. The maximum absolute atomic E-state index is 12.0. The molecule has 3 heterocycles. The Balaban J connectivity index is 2.24. The lowest BCUT2D eigenvalue weighted by atomic mass is 10.1. The maximum Gasteiger partial charge on any atom is 0.260 e. The first kappa shape index (κ1) is 14.5.